The lowest BCUT2D eigenvalue weighted by atomic mass is 9.98. The number of alkyl halides is 2. The lowest BCUT2D eigenvalue weighted by Crippen LogP contribution is -2.58. The summed E-state index contributed by atoms with van der Waals surface area (Å²) in [5, 5.41) is 8.21. The summed E-state index contributed by atoms with van der Waals surface area (Å²) < 4.78 is 65.2. The second-order valence-electron chi connectivity index (χ2n) is 18.0. The summed E-state index contributed by atoms with van der Waals surface area (Å²) in [5.74, 6) is -4.57. The van der Waals surface area contributed by atoms with Crippen molar-refractivity contribution < 1.29 is 65.4 Å². The van der Waals surface area contributed by atoms with E-state index >= 15 is 8.78 Å². The van der Waals surface area contributed by atoms with Gasteiger partial charge in [-0.15, -0.1) is 0 Å². The Morgan fingerprint density at radius 2 is 1.43 bits per heavy atom. The number of esters is 2. The van der Waals surface area contributed by atoms with Crippen LogP contribution in [0, 0.1) is 10.8 Å². The molecule has 2 aliphatic heterocycles. The van der Waals surface area contributed by atoms with Gasteiger partial charge in [0.25, 0.3) is 0 Å². The average Bonchev–Trinajstić information content (AvgIpc) is 3.66. The van der Waals surface area contributed by atoms with Crippen LogP contribution in [0.3, 0.4) is 0 Å². The highest BCUT2D eigenvalue weighted by molar-refractivity contribution is 7.54. The van der Waals surface area contributed by atoms with Crippen LogP contribution in [0.25, 0.3) is 6.08 Å². The van der Waals surface area contributed by atoms with Gasteiger partial charge in [0.15, 0.2) is 0 Å². The van der Waals surface area contributed by atoms with Crippen LogP contribution in [0.2, 0.25) is 0 Å². The van der Waals surface area contributed by atoms with E-state index in [1.54, 1.807) is 0 Å². The van der Waals surface area contributed by atoms with E-state index in [9.17, 15) is 38.1 Å². The number of primary amides is 1. The summed E-state index contributed by atoms with van der Waals surface area (Å²) in [4.78, 5) is 91.9. The Morgan fingerprint density at radius 1 is 0.846 bits per heavy atom. The molecule has 2 saturated heterocycles. The Morgan fingerprint density at radius 3 is 2.00 bits per heavy atom. The largest absolute Gasteiger partial charge is 0.438 e. The maximum absolute atomic E-state index is 16.0. The fourth-order valence-electron chi connectivity index (χ4n) is 6.93. The molecule has 0 spiro atoms. The first kappa shape index (κ1) is 52.1. The molecule has 4 atom stereocenters. The molecule has 0 aromatic heterocycles. The monoisotopic (exact) mass is 931 g/mol. The van der Waals surface area contributed by atoms with Crippen LogP contribution in [-0.4, -0.2) is 84.1 Å². The number of rotatable bonds is 19. The number of halogens is 2. The summed E-state index contributed by atoms with van der Waals surface area (Å²) in [5.41, 5.74) is -0.817. The van der Waals surface area contributed by atoms with E-state index in [1.807, 2.05) is 30.3 Å². The van der Waals surface area contributed by atoms with Crippen molar-refractivity contribution in [3.05, 3.63) is 77.4 Å². The molecule has 2 heterocycles. The Balaban J connectivity index is 1.43. The first-order chi connectivity index (χ1) is 30.4. The lowest BCUT2D eigenvalue weighted by Gasteiger charge is -2.35. The summed E-state index contributed by atoms with van der Waals surface area (Å²) in [6.07, 6.45) is 5.27. The fraction of sp³-hybridized carbons (Fsp3) is 0.533. The quantitative estimate of drug-likeness (QED) is 0.0587. The molecule has 2 aliphatic rings. The molecule has 17 nitrogen and oxygen atoms in total. The molecule has 2 fully saturated rings. The molecular formula is C45H60F2N5O12P. The van der Waals surface area contributed by atoms with Crippen molar-refractivity contribution >= 4 is 55.1 Å². The van der Waals surface area contributed by atoms with Crippen LogP contribution < -0.4 is 21.7 Å². The van der Waals surface area contributed by atoms with E-state index in [0.29, 0.717) is 25.7 Å². The molecule has 5 amide bonds. The molecule has 5 N–H and O–H groups in total. The molecule has 1 unspecified atom stereocenters. The molecule has 20 heteroatoms. The second kappa shape index (κ2) is 22.6. The number of hydrogen-bond donors (Lipinski definition) is 4. The Labute approximate surface area is 377 Å². The lowest BCUT2D eigenvalue weighted by molar-refractivity contribution is -0.163. The number of hydrogen-bond acceptors (Lipinski definition) is 12. The van der Waals surface area contributed by atoms with Crippen molar-refractivity contribution in [2.75, 3.05) is 13.6 Å². The normalized spacial score (nSPS) is 18.7. The van der Waals surface area contributed by atoms with Crippen LogP contribution in [0.1, 0.15) is 110 Å². The van der Waals surface area contributed by atoms with E-state index in [1.165, 1.54) is 64.7 Å². The third kappa shape index (κ3) is 14.7. The first-order valence-electron chi connectivity index (χ1n) is 21.4. The maximum atomic E-state index is 16.0. The number of amides is 5. The highest BCUT2D eigenvalue weighted by Crippen LogP contribution is 2.67. The third-order valence-electron chi connectivity index (χ3n) is 10.7. The van der Waals surface area contributed by atoms with E-state index in [-0.39, 0.29) is 37.4 Å². The van der Waals surface area contributed by atoms with Gasteiger partial charge in [-0.3, -0.25) is 47.2 Å². The van der Waals surface area contributed by atoms with E-state index in [4.69, 9.17) is 24.3 Å². The summed E-state index contributed by atoms with van der Waals surface area (Å²) >= 11 is 0. The second-order valence-corrected chi connectivity index (χ2v) is 20.0. The minimum Gasteiger partial charge on any atom is -0.438 e. The summed E-state index contributed by atoms with van der Waals surface area (Å²) in [6, 6.07) is 10.0. The molecule has 0 radical (unpaired) electrons. The van der Waals surface area contributed by atoms with Gasteiger partial charge in [0.1, 0.15) is 18.1 Å². The molecule has 2 aromatic carbocycles. The number of nitrogens with zero attached hydrogens (tertiary/aromatic N) is 1. The number of nitrogens with two attached hydrogens (primary N) is 1. The van der Waals surface area contributed by atoms with Crippen molar-refractivity contribution in [3.63, 3.8) is 0 Å². The number of ether oxygens (including phenoxy) is 2. The molecule has 65 heavy (non-hydrogen) atoms. The molecule has 356 valence electrons. The minimum atomic E-state index is -5.56. The van der Waals surface area contributed by atoms with Crippen molar-refractivity contribution in [2.45, 2.75) is 129 Å². The summed E-state index contributed by atoms with van der Waals surface area (Å²) in [7, 11) is -5.56. The molecular weight excluding hydrogens is 871 g/mol. The van der Waals surface area contributed by atoms with Gasteiger partial charge in [0.2, 0.25) is 43.1 Å². The van der Waals surface area contributed by atoms with Crippen LogP contribution in [0.5, 0.6) is 0 Å². The number of carbonyl (C=O) groups is 7. The standard InChI is InChI=1S/C45H60F2N5O12P/c1-43(2,3)41(58)61-27-63-65(60,64-28-62-42(59)44(4,5)6)45(46,47)31-19-16-29(17-20-31)18-25-37(54)50-34-15-11-10-14-32-21-23-35(52(32)40(34)57)39(56)51-33(22-24-36(48)53)38(55)49-26-30-12-8-7-9-13-30/h7-9,12-13,16-20,25,32-35H,10-11,14-15,21-24,26-28H2,1-6H3,(H2,48,53)(H,49,55)(H,50,54)(H,51,56)/t32?,33-,34-,35-/m0/s1. The molecule has 0 aliphatic carbocycles. The van der Waals surface area contributed by atoms with Crippen molar-refractivity contribution in [2.24, 2.45) is 16.6 Å². The zero-order chi connectivity index (χ0) is 48.2. The predicted octanol–water partition coefficient (Wildman–Crippen LogP) is 5.55. The number of carbonyl (C=O) groups excluding carboxylic acids is 7. The zero-order valence-electron chi connectivity index (χ0n) is 37.6. The van der Waals surface area contributed by atoms with Crippen molar-refractivity contribution in [1.82, 2.24) is 20.9 Å². The Hall–Kier alpha value is -5.52. The molecule has 0 saturated carbocycles. The molecule has 4 rings (SSSR count). The van der Waals surface area contributed by atoms with Gasteiger partial charge >= 0.3 is 25.2 Å². The SMILES string of the molecule is CC(C)(C)C(=O)OCOP(=O)(OCOC(=O)C(C)(C)C)C(F)(F)c1ccc(C=CC(=O)N[C@H]2CCCCC3CC[C@@H](C(=O)N[C@@H](CCC(N)=O)C(=O)NCc4ccccc4)N3C2=O)cc1. The van der Waals surface area contributed by atoms with Crippen LogP contribution in [0.4, 0.5) is 8.78 Å². The van der Waals surface area contributed by atoms with Crippen molar-refractivity contribution in [1.29, 1.82) is 0 Å². The van der Waals surface area contributed by atoms with Gasteiger partial charge in [0, 0.05) is 30.6 Å². The average molecular weight is 932 g/mol. The van der Waals surface area contributed by atoms with Gasteiger partial charge in [-0.1, -0.05) is 67.4 Å². The van der Waals surface area contributed by atoms with Crippen LogP contribution in [-0.2, 0) is 68.9 Å². The number of nitrogens with one attached hydrogen (secondary N) is 3. The van der Waals surface area contributed by atoms with Crippen LogP contribution in [0.15, 0.2) is 60.7 Å². The van der Waals surface area contributed by atoms with Gasteiger partial charge in [-0.05, 0) is 90.8 Å². The maximum Gasteiger partial charge on any atom is 0.410 e. The Bertz CT molecular complexity index is 2070. The van der Waals surface area contributed by atoms with Gasteiger partial charge in [0.05, 0.1) is 10.8 Å². The third-order valence-corrected chi connectivity index (χ3v) is 12.5. The van der Waals surface area contributed by atoms with Gasteiger partial charge in [-0.2, -0.15) is 8.78 Å². The van der Waals surface area contributed by atoms with E-state index in [2.05, 4.69) is 16.0 Å². The Kier molecular flexibility index (Phi) is 18.1. The topological polar surface area (TPSA) is 239 Å². The highest BCUT2D eigenvalue weighted by atomic mass is 31.2. The zero-order valence-corrected chi connectivity index (χ0v) is 38.5. The minimum absolute atomic E-state index is 0.0570. The molecule has 0 bridgehead atoms. The number of fused-ring (bicyclic) bond motifs is 1. The van der Waals surface area contributed by atoms with Crippen LogP contribution >= 0.6 is 7.60 Å². The summed E-state index contributed by atoms with van der Waals surface area (Å²) in [6.45, 7) is 6.93. The smallest absolute Gasteiger partial charge is 0.410 e. The van der Waals surface area contributed by atoms with Gasteiger partial charge in [-0.25, -0.2) is 0 Å². The van der Waals surface area contributed by atoms with E-state index in [0.717, 1.165) is 30.2 Å². The predicted molar refractivity (Wildman–Crippen MR) is 233 cm³/mol. The number of benzene rings is 2. The van der Waals surface area contributed by atoms with Crippen molar-refractivity contribution in [3.8, 4) is 0 Å². The first-order valence-corrected chi connectivity index (χ1v) is 22.9. The van der Waals surface area contributed by atoms with E-state index < -0.39 is 103 Å². The highest BCUT2D eigenvalue weighted by Gasteiger charge is 2.56. The fourth-order valence-corrected chi connectivity index (χ4v) is 8.18. The van der Waals surface area contributed by atoms with Gasteiger partial charge < -0.3 is 36.1 Å². The molecule has 2 aromatic rings.